The van der Waals surface area contributed by atoms with Crippen molar-refractivity contribution >= 4 is 17.6 Å². The number of imidazole rings is 1. The third-order valence-corrected chi connectivity index (χ3v) is 3.33. The molecule has 0 bridgehead atoms. The van der Waals surface area contributed by atoms with E-state index in [1.165, 1.54) is 0 Å². The summed E-state index contributed by atoms with van der Waals surface area (Å²) < 4.78 is 2.03. The summed E-state index contributed by atoms with van der Waals surface area (Å²) in [5.41, 5.74) is 1.16. The van der Waals surface area contributed by atoms with Gasteiger partial charge in [-0.15, -0.1) is 0 Å². The van der Waals surface area contributed by atoms with Gasteiger partial charge in [0.15, 0.2) is 5.96 Å². The second kappa shape index (κ2) is 7.69. The van der Waals surface area contributed by atoms with E-state index < -0.39 is 0 Å². The zero-order valence-electron chi connectivity index (χ0n) is 12.3. The van der Waals surface area contributed by atoms with Gasteiger partial charge in [-0.2, -0.15) is 0 Å². The van der Waals surface area contributed by atoms with Crippen LogP contribution in [0.3, 0.4) is 0 Å². The van der Waals surface area contributed by atoms with Gasteiger partial charge in [0.05, 0.1) is 6.33 Å². The number of guanidine groups is 1. The molecule has 1 N–H and O–H groups in total. The summed E-state index contributed by atoms with van der Waals surface area (Å²) in [5.74, 6) is 0.857. The molecule has 0 aliphatic heterocycles. The van der Waals surface area contributed by atoms with Crippen molar-refractivity contribution in [3.05, 3.63) is 53.6 Å². The number of halogens is 1. The van der Waals surface area contributed by atoms with E-state index in [1.54, 1.807) is 19.6 Å². The molecule has 0 aliphatic rings. The first-order valence-electron chi connectivity index (χ1n) is 6.81. The predicted molar refractivity (Wildman–Crippen MR) is 86.5 cm³/mol. The Balaban J connectivity index is 1.85. The molecular formula is C15H20ClN5. The Kier molecular flexibility index (Phi) is 5.63. The minimum Gasteiger partial charge on any atom is -0.354 e. The Bertz CT molecular complexity index is 580. The largest absolute Gasteiger partial charge is 0.354 e. The molecule has 0 fully saturated rings. The van der Waals surface area contributed by atoms with Crippen molar-refractivity contribution in [3.63, 3.8) is 0 Å². The Hall–Kier alpha value is -2.01. The van der Waals surface area contributed by atoms with Crippen LogP contribution in [0.2, 0.25) is 5.02 Å². The van der Waals surface area contributed by atoms with E-state index in [9.17, 15) is 0 Å². The lowest BCUT2D eigenvalue weighted by Gasteiger charge is -2.22. The first kappa shape index (κ1) is 15.4. The molecule has 0 saturated heterocycles. The summed E-state index contributed by atoms with van der Waals surface area (Å²) in [6, 6.07) is 7.86. The van der Waals surface area contributed by atoms with E-state index in [2.05, 4.69) is 26.3 Å². The zero-order chi connectivity index (χ0) is 15.1. The topological polar surface area (TPSA) is 45.5 Å². The Morgan fingerprint density at radius 3 is 3.00 bits per heavy atom. The number of nitrogens with zero attached hydrogens (tertiary/aromatic N) is 4. The van der Waals surface area contributed by atoms with Crippen LogP contribution in [0.4, 0.5) is 0 Å². The van der Waals surface area contributed by atoms with Crippen molar-refractivity contribution in [2.75, 3.05) is 20.6 Å². The van der Waals surface area contributed by atoms with E-state index in [0.29, 0.717) is 0 Å². The van der Waals surface area contributed by atoms with Crippen LogP contribution in [0.25, 0.3) is 0 Å². The average molecular weight is 306 g/mol. The molecule has 1 heterocycles. The zero-order valence-corrected chi connectivity index (χ0v) is 13.1. The first-order valence-corrected chi connectivity index (χ1v) is 7.19. The molecule has 0 amide bonds. The maximum absolute atomic E-state index is 6.01. The lowest BCUT2D eigenvalue weighted by atomic mass is 10.2. The van der Waals surface area contributed by atoms with Gasteiger partial charge in [-0.05, 0) is 17.7 Å². The fraction of sp³-hybridized carbons (Fsp3) is 0.333. The van der Waals surface area contributed by atoms with Crippen LogP contribution in [-0.2, 0) is 13.1 Å². The Morgan fingerprint density at radius 1 is 1.48 bits per heavy atom. The Morgan fingerprint density at radius 2 is 2.33 bits per heavy atom. The van der Waals surface area contributed by atoms with Crippen LogP contribution >= 0.6 is 11.6 Å². The number of rotatable bonds is 5. The number of benzene rings is 1. The van der Waals surface area contributed by atoms with Crippen LogP contribution < -0.4 is 5.32 Å². The van der Waals surface area contributed by atoms with Crippen LogP contribution in [0.15, 0.2) is 48.0 Å². The third-order valence-electron chi connectivity index (χ3n) is 3.09. The van der Waals surface area contributed by atoms with Crippen molar-refractivity contribution in [1.82, 2.24) is 19.8 Å². The molecule has 2 rings (SSSR count). The minimum absolute atomic E-state index is 0.754. The van der Waals surface area contributed by atoms with Crippen molar-refractivity contribution < 1.29 is 0 Å². The molecule has 0 spiro atoms. The highest BCUT2D eigenvalue weighted by atomic mass is 35.5. The molecule has 0 aliphatic carbocycles. The predicted octanol–water partition coefficient (Wildman–Crippen LogP) is 2.24. The molecule has 2 aromatic rings. The molecule has 21 heavy (non-hydrogen) atoms. The number of aliphatic imine (C=N–C) groups is 1. The first-order chi connectivity index (χ1) is 10.2. The highest BCUT2D eigenvalue weighted by Crippen LogP contribution is 2.12. The van der Waals surface area contributed by atoms with Gasteiger partial charge in [-0.1, -0.05) is 23.7 Å². The summed E-state index contributed by atoms with van der Waals surface area (Å²) in [5, 5.41) is 4.09. The third kappa shape index (κ3) is 4.79. The quantitative estimate of drug-likeness (QED) is 0.681. The highest BCUT2D eigenvalue weighted by Gasteiger charge is 2.06. The molecule has 112 valence electrons. The van der Waals surface area contributed by atoms with Crippen LogP contribution in [0.5, 0.6) is 0 Å². The molecule has 5 nitrogen and oxygen atoms in total. The van der Waals surface area contributed by atoms with Gasteiger partial charge >= 0.3 is 0 Å². The monoisotopic (exact) mass is 305 g/mol. The molecule has 0 unspecified atom stereocenters. The standard InChI is InChI=1S/C15H20ClN5/c1-17-15(19-7-9-21-8-6-18-12-21)20(2)11-13-4-3-5-14(16)10-13/h3-6,8,10,12H,7,9,11H2,1-2H3,(H,17,19). The minimum atomic E-state index is 0.754. The van der Waals surface area contributed by atoms with E-state index in [1.807, 2.05) is 36.0 Å². The van der Waals surface area contributed by atoms with Gasteiger partial charge in [0.25, 0.3) is 0 Å². The van der Waals surface area contributed by atoms with E-state index in [4.69, 9.17) is 11.6 Å². The van der Waals surface area contributed by atoms with Crippen LogP contribution in [-0.4, -0.2) is 41.1 Å². The molecule has 0 saturated carbocycles. The summed E-state index contributed by atoms with van der Waals surface area (Å²) >= 11 is 6.01. The fourth-order valence-electron chi connectivity index (χ4n) is 2.08. The van der Waals surface area contributed by atoms with Gasteiger partial charge in [-0.25, -0.2) is 4.98 Å². The smallest absolute Gasteiger partial charge is 0.193 e. The normalized spacial score (nSPS) is 11.5. The van der Waals surface area contributed by atoms with Crippen molar-refractivity contribution in [1.29, 1.82) is 0 Å². The Labute approximate surface area is 130 Å². The van der Waals surface area contributed by atoms with Crippen LogP contribution in [0.1, 0.15) is 5.56 Å². The molecule has 1 aromatic heterocycles. The lowest BCUT2D eigenvalue weighted by Crippen LogP contribution is -2.39. The number of hydrogen-bond donors (Lipinski definition) is 1. The number of aromatic nitrogens is 2. The second-order valence-corrected chi connectivity index (χ2v) is 5.20. The molecule has 0 atom stereocenters. The maximum atomic E-state index is 6.01. The van der Waals surface area contributed by atoms with E-state index in [0.717, 1.165) is 36.2 Å². The molecule has 0 radical (unpaired) electrons. The van der Waals surface area contributed by atoms with Crippen LogP contribution in [0, 0.1) is 0 Å². The summed E-state index contributed by atoms with van der Waals surface area (Å²) in [6.07, 6.45) is 5.53. The van der Waals surface area contributed by atoms with Gasteiger partial charge in [0.2, 0.25) is 0 Å². The van der Waals surface area contributed by atoms with Gasteiger partial charge < -0.3 is 14.8 Å². The summed E-state index contributed by atoms with van der Waals surface area (Å²) in [7, 11) is 3.79. The number of hydrogen-bond acceptors (Lipinski definition) is 2. The maximum Gasteiger partial charge on any atom is 0.193 e. The van der Waals surface area contributed by atoms with Crippen molar-refractivity contribution in [2.45, 2.75) is 13.1 Å². The van der Waals surface area contributed by atoms with Crippen molar-refractivity contribution in [2.24, 2.45) is 4.99 Å². The van der Waals surface area contributed by atoms with Crippen molar-refractivity contribution in [3.8, 4) is 0 Å². The molecule has 1 aromatic carbocycles. The SMILES string of the molecule is CN=C(NCCn1ccnc1)N(C)Cc1cccc(Cl)c1. The highest BCUT2D eigenvalue weighted by molar-refractivity contribution is 6.30. The summed E-state index contributed by atoms with van der Waals surface area (Å²) in [6.45, 7) is 2.40. The van der Waals surface area contributed by atoms with Gasteiger partial charge in [0.1, 0.15) is 0 Å². The molecular weight excluding hydrogens is 286 g/mol. The average Bonchev–Trinajstić information content (AvgIpc) is 2.96. The molecule has 6 heteroatoms. The number of nitrogens with one attached hydrogen (secondary N) is 1. The van der Waals surface area contributed by atoms with E-state index in [-0.39, 0.29) is 0 Å². The fourth-order valence-corrected chi connectivity index (χ4v) is 2.30. The van der Waals surface area contributed by atoms with Gasteiger partial charge in [-0.3, -0.25) is 4.99 Å². The van der Waals surface area contributed by atoms with Gasteiger partial charge in [0, 0.05) is 51.1 Å². The summed E-state index contributed by atoms with van der Waals surface area (Å²) in [4.78, 5) is 10.4. The van der Waals surface area contributed by atoms with E-state index >= 15 is 0 Å². The lowest BCUT2D eigenvalue weighted by molar-refractivity contribution is 0.473. The second-order valence-electron chi connectivity index (χ2n) is 4.76.